The van der Waals surface area contributed by atoms with Crippen LogP contribution in [0.2, 0.25) is 0 Å². The fraction of sp³-hybridized carbons (Fsp3) is 0. The van der Waals surface area contributed by atoms with Gasteiger partial charge in [0.2, 0.25) is 0 Å². The Morgan fingerprint density at radius 2 is 0.958 bits per heavy atom. The van der Waals surface area contributed by atoms with Gasteiger partial charge >= 0.3 is 0 Å². The lowest BCUT2D eigenvalue weighted by atomic mass is 9.87. The molecule has 8 aromatic carbocycles. The van der Waals surface area contributed by atoms with E-state index in [2.05, 4.69) is 187 Å². The first kappa shape index (κ1) is 27.9. The molecule has 0 aliphatic carbocycles. The second-order valence-corrected chi connectivity index (χ2v) is 12.1. The quantitative estimate of drug-likeness (QED) is 0.185. The van der Waals surface area contributed by atoms with Crippen LogP contribution in [0, 0.1) is 0 Å². The van der Waals surface area contributed by atoms with Crippen molar-refractivity contribution in [1.29, 1.82) is 0 Å². The highest BCUT2D eigenvalue weighted by molar-refractivity contribution is 6.14. The molecule has 0 N–H and O–H groups in total. The Morgan fingerprint density at radius 3 is 1.77 bits per heavy atom. The van der Waals surface area contributed by atoms with E-state index in [1.165, 1.54) is 44.2 Å². The van der Waals surface area contributed by atoms with Crippen molar-refractivity contribution in [3.63, 3.8) is 0 Å². The maximum absolute atomic E-state index is 6.44. The zero-order chi connectivity index (χ0) is 31.9. The van der Waals surface area contributed by atoms with Gasteiger partial charge in [-0.3, -0.25) is 0 Å². The predicted molar refractivity (Wildman–Crippen MR) is 202 cm³/mol. The first-order chi connectivity index (χ1) is 23.8. The number of fused-ring (bicyclic) bond motifs is 4. The van der Waals surface area contributed by atoms with Crippen molar-refractivity contribution in [2.75, 3.05) is 4.90 Å². The van der Waals surface area contributed by atoms with Gasteiger partial charge in [0.05, 0.1) is 16.8 Å². The second-order valence-electron chi connectivity index (χ2n) is 12.1. The Hall–Kier alpha value is -6.38. The summed E-state index contributed by atoms with van der Waals surface area (Å²) in [6.45, 7) is 0. The van der Waals surface area contributed by atoms with Crippen molar-refractivity contribution >= 4 is 49.8 Å². The van der Waals surface area contributed by atoms with E-state index < -0.39 is 0 Å². The molecule has 0 spiro atoms. The average molecular weight is 614 g/mol. The van der Waals surface area contributed by atoms with Gasteiger partial charge in [-0.25, -0.2) is 0 Å². The molecule has 2 nitrogen and oxygen atoms in total. The zero-order valence-corrected chi connectivity index (χ0v) is 26.3. The van der Waals surface area contributed by atoms with Gasteiger partial charge in [-0.15, -0.1) is 0 Å². The Kier molecular flexibility index (Phi) is 6.84. The minimum atomic E-state index is 0.866. The SMILES string of the molecule is c1ccc(-c2ccccc2-c2c(-c3ccccc3)cccc2N(c2ccc3ccccc3c2)c2cccc3oc4ccccc4c23)cc1. The molecule has 2 heteroatoms. The molecule has 1 heterocycles. The topological polar surface area (TPSA) is 16.4 Å². The molecule has 9 aromatic rings. The van der Waals surface area contributed by atoms with Crippen LogP contribution in [0.25, 0.3) is 66.1 Å². The van der Waals surface area contributed by atoms with E-state index in [9.17, 15) is 0 Å². The number of nitrogens with zero attached hydrogens (tertiary/aromatic N) is 1. The van der Waals surface area contributed by atoms with E-state index in [0.29, 0.717) is 0 Å². The van der Waals surface area contributed by atoms with Crippen molar-refractivity contribution < 1.29 is 4.42 Å². The van der Waals surface area contributed by atoms with Gasteiger partial charge in [0.25, 0.3) is 0 Å². The Labute approximate surface area is 279 Å². The molecular formula is C46H31NO. The third-order valence-electron chi connectivity index (χ3n) is 9.26. The highest BCUT2D eigenvalue weighted by atomic mass is 16.3. The van der Waals surface area contributed by atoms with Crippen molar-refractivity contribution in [3.8, 4) is 33.4 Å². The Bertz CT molecular complexity index is 2560. The lowest BCUT2D eigenvalue weighted by Gasteiger charge is -2.30. The molecule has 0 saturated heterocycles. The van der Waals surface area contributed by atoms with E-state index >= 15 is 0 Å². The number of anilines is 3. The highest BCUT2D eigenvalue weighted by Gasteiger charge is 2.25. The van der Waals surface area contributed by atoms with Gasteiger partial charge in [0.1, 0.15) is 11.2 Å². The molecule has 0 aliphatic heterocycles. The molecule has 0 amide bonds. The van der Waals surface area contributed by atoms with Crippen LogP contribution in [0.15, 0.2) is 192 Å². The summed E-state index contributed by atoms with van der Waals surface area (Å²) in [7, 11) is 0. The number of benzene rings is 8. The average Bonchev–Trinajstić information content (AvgIpc) is 3.55. The number of rotatable bonds is 6. The summed E-state index contributed by atoms with van der Waals surface area (Å²) in [6, 6.07) is 67.0. The first-order valence-corrected chi connectivity index (χ1v) is 16.4. The molecule has 48 heavy (non-hydrogen) atoms. The number of hydrogen-bond donors (Lipinski definition) is 0. The van der Waals surface area contributed by atoms with Gasteiger partial charge in [0, 0.05) is 16.6 Å². The molecule has 0 aliphatic rings. The third kappa shape index (κ3) is 4.74. The van der Waals surface area contributed by atoms with Crippen LogP contribution in [0.3, 0.4) is 0 Å². The molecule has 0 saturated carbocycles. The normalized spacial score (nSPS) is 11.3. The van der Waals surface area contributed by atoms with Crippen LogP contribution < -0.4 is 4.90 Å². The maximum Gasteiger partial charge on any atom is 0.137 e. The predicted octanol–water partition coefficient (Wildman–Crippen LogP) is 13.2. The molecule has 0 bridgehead atoms. The lowest BCUT2D eigenvalue weighted by molar-refractivity contribution is 0.669. The van der Waals surface area contributed by atoms with E-state index in [1.807, 2.05) is 6.07 Å². The first-order valence-electron chi connectivity index (χ1n) is 16.4. The zero-order valence-electron chi connectivity index (χ0n) is 26.3. The second kappa shape index (κ2) is 11.8. The maximum atomic E-state index is 6.44. The van der Waals surface area contributed by atoms with Crippen molar-refractivity contribution in [1.82, 2.24) is 0 Å². The summed E-state index contributed by atoms with van der Waals surface area (Å²) in [6.07, 6.45) is 0. The van der Waals surface area contributed by atoms with Gasteiger partial charge in [0.15, 0.2) is 0 Å². The lowest BCUT2D eigenvalue weighted by Crippen LogP contribution is -2.12. The molecule has 226 valence electrons. The van der Waals surface area contributed by atoms with E-state index in [1.54, 1.807) is 0 Å². The van der Waals surface area contributed by atoms with Crippen LogP contribution in [0.5, 0.6) is 0 Å². The highest BCUT2D eigenvalue weighted by Crippen LogP contribution is 2.50. The van der Waals surface area contributed by atoms with E-state index in [0.717, 1.165) is 39.0 Å². The molecule has 9 rings (SSSR count). The molecule has 0 unspecified atom stereocenters. The fourth-order valence-corrected chi connectivity index (χ4v) is 7.10. The minimum absolute atomic E-state index is 0.866. The molecule has 1 aromatic heterocycles. The molecule has 0 radical (unpaired) electrons. The van der Waals surface area contributed by atoms with E-state index in [4.69, 9.17) is 4.42 Å². The summed E-state index contributed by atoms with van der Waals surface area (Å²) < 4.78 is 6.44. The summed E-state index contributed by atoms with van der Waals surface area (Å²) in [5.74, 6) is 0. The number of hydrogen-bond acceptors (Lipinski definition) is 2. The minimum Gasteiger partial charge on any atom is -0.456 e. The van der Waals surface area contributed by atoms with Crippen LogP contribution in [0.1, 0.15) is 0 Å². The fourth-order valence-electron chi connectivity index (χ4n) is 7.10. The van der Waals surface area contributed by atoms with Gasteiger partial charge in [-0.2, -0.15) is 0 Å². The van der Waals surface area contributed by atoms with Crippen LogP contribution in [-0.4, -0.2) is 0 Å². The Morgan fingerprint density at radius 1 is 0.375 bits per heavy atom. The smallest absolute Gasteiger partial charge is 0.137 e. The summed E-state index contributed by atoms with van der Waals surface area (Å²) in [5.41, 5.74) is 12.0. The number of para-hydroxylation sites is 1. The van der Waals surface area contributed by atoms with Gasteiger partial charge in [-0.1, -0.05) is 152 Å². The van der Waals surface area contributed by atoms with Crippen LogP contribution in [-0.2, 0) is 0 Å². The largest absolute Gasteiger partial charge is 0.456 e. The van der Waals surface area contributed by atoms with E-state index in [-0.39, 0.29) is 0 Å². The van der Waals surface area contributed by atoms with Crippen LogP contribution in [0.4, 0.5) is 17.1 Å². The third-order valence-corrected chi connectivity index (χ3v) is 9.26. The Balaban J connectivity index is 1.42. The molecular weight excluding hydrogens is 583 g/mol. The van der Waals surface area contributed by atoms with Crippen LogP contribution >= 0.6 is 0 Å². The van der Waals surface area contributed by atoms with Crippen molar-refractivity contribution in [3.05, 3.63) is 188 Å². The number of furan rings is 1. The molecule has 0 fully saturated rings. The summed E-state index contributed by atoms with van der Waals surface area (Å²) in [5, 5.41) is 4.59. The monoisotopic (exact) mass is 613 g/mol. The van der Waals surface area contributed by atoms with Crippen molar-refractivity contribution in [2.24, 2.45) is 0 Å². The summed E-state index contributed by atoms with van der Waals surface area (Å²) >= 11 is 0. The van der Waals surface area contributed by atoms with Gasteiger partial charge < -0.3 is 9.32 Å². The molecule has 0 atom stereocenters. The standard InChI is InChI=1S/C46H31NO/c1-3-16-33(17-4-1)37-21-9-10-22-39(37)45-38(34-18-5-2-6-19-34)24-13-25-41(45)47(36-30-29-32-15-7-8-20-35(32)31-36)42-26-14-28-44-46(42)40-23-11-12-27-43(40)48-44/h1-31H. The summed E-state index contributed by atoms with van der Waals surface area (Å²) in [4.78, 5) is 2.43. The van der Waals surface area contributed by atoms with Crippen molar-refractivity contribution in [2.45, 2.75) is 0 Å². The van der Waals surface area contributed by atoms with Gasteiger partial charge in [-0.05, 0) is 75.0 Å².